The minimum atomic E-state index is -1.16. The quantitative estimate of drug-likeness (QED) is 0.810. The molecule has 4 nitrogen and oxygen atoms in total. The Bertz CT molecular complexity index is 452. The number of benzene rings is 1. The Hall–Kier alpha value is -1.62. The van der Waals surface area contributed by atoms with Gasteiger partial charge in [-0.2, -0.15) is 0 Å². The number of hydrogen-bond donors (Lipinski definition) is 2. The minimum absolute atomic E-state index is 0.150. The van der Waals surface area contributed by atoms with Crippen LogP contribution in [0.25, 0.3) is 0 Å². The Morgan fingerprint density at radius 3 is 2.78 bits per heavy atom. The summed E-state index contributed by atoms with van der Waals surface area (Å²) in [6.07, 6.45) is -1.30. The topological polar surface area (TPSA) is 60.8 Å². The summed E-state index contributed by atoms with van der Waals surface area (Å²) in [7, 11) is 0. The third-order valence-electron chi connectivity index (χ3n) is 3.33. The van der Waals surface area contributed by atoms with Gasteiger partial charge in [0.1, 0.15) is 12.0 Å². The molecular formula is C13H16FNO3. The first-order valence-corrected chi connectivity index (χ1v) is 6.00. The molecule has 98 valence electrons. The second-order valence-electron chi connectivity index (χ2n) is 4.51. The molecule has 1 fully saturated rings. The van der Waals surface area contributed by atoms with E-state index in [2.05, 4.69) is 0 Å². The largest absolute Gasteiger partial charge is 0.465 e. The minimum Gasteiger partial charge on any atom is -0.465 e. The molecule has 0 saturated heterocycles. The lowest BCUT2D eigenvalue weighted by atomic mass is 10.1. The van der Waals surface area contributed by atoms with Crippen molar-refractivity contribution in [1.29, 1.82) is 0 Å². The predicted octanol–water partition coefficient (Wildman–Crippen LogP) is 2.39. The van der Waals surface area contributed by atoms with Gasteiger partial charge in [0.05, 0.1) is 0 Å². The maximum absolute atomic E-state index is 13.6. The van der Waals surface area contributed by atoms with Crippen molar-refractivity contribution in [3.63, 3.8) is 0 Å². The average molecular weight is 253 g/mol. The molecule has 2 rings (SSSR count). The smallest absolute Gasteiger partial charge is 0.409 e. The normalized spacial score (nSPS) is 23.5. The van der Waals surface area contributed by atoms with Crippen molar-refractivity contribution in [1.82, 2.24) is 4.90 Å². The van der Waals surface area contributed by atoms with Crippen molar-refractivity contribution in [2.24, 2.45) is 0 Å². The van der Waals surface area contributed by atoms with Crippen LogP contribution in [-0.2, 0) is 0 Å². The molecule has 0 aromatic heterocycles. The third-order valence-corrected chi connectivity index (χ3v) is 3.33. The number of hydrogen-bond acceptors (Lipinski definition) is 2. The van der Waals surface area contributed by atoms with Crippen molar-refractivity contribution in [2.45, 2.75) is 38.0 Å². The van der Waals surface area contributed by atoms with Crippen LogP contribution in [0.1, 0.15) is 31.2 Å². The van der Waals surface area contributed by atoms with Gasteiger partial charge >= 0.3 is 6.09 Å². The van der Waals surface area contributed by atoms with Gasteiger partial charge in [-0.15, -0.1) is 0 Å². The van der Waals surface area contributed by atoms with Crippen molar-refractivity contribution < 1.29 is 19.4 Å². The Balaban J connectivity index is 2.14. The molecule has 2 N–H and O–H groups in total. The zero-order chi connectivity index (χ0) is 13.3. The van der Waals surface area contributed by atoms with E-state index in [1.807, 2.05) is 0 Å². The van der Waals surface area contributed by atoms with Crippen LogP contribution < -0.4 is 0 Å². The van der Waals surface area contributed by atoms with Crippen molar-refractivity contribution in [3.8, 4) is 0 Å². The summed E-state index contributed by atoms with van der Waals surface area (Å²) < 4.78 is 13.6. The molecule has 1 amide bonds. The number of carboxylic acid groups (broad SMARTS) is 1. The molecule has 1 aliphatic rings. The van der Waals surface area contributed by atoms with E-state index in [1.165, 1.54) is 6.07 Å². The lowest BCUT2D eigenvalue weighted by Gasteiger charge is -2.24. The van der Waals surface area contributed by atoms with Gasteiger partial charge in [-0.1, -0.05) is 25.1 Å². The first-order valence-electron chi connectivity index (χ1n) is 6.00. The molecule has 1 aromatic carbocycles. The van der Waals surface area contributed by atoms with Crippen molar-refractivity contribution in [3.05, 3.63) is 35.6 Å². The fourth-order valence-electron chi connectivity index (χ4n) is 2.29. The molecule has 3 atom stereocenters. The monoisotopic (exact) mass is 253 g/mol. The molecule has 0 heterocycles. The highest BCUT2D eigenvalue weighted by atomic mass is 19.1. The fraction of sp³-hybridized carbons (Fsp3) is 0.462. The molecule has 1 aromatic rings. The van der Waals surface area contributed by atoms with Gasteiger partial charge in [0.2, 0.25) is 0 Å². The number of aliphatic hydroxyl groups excluding tert-OH is 1. The van der Waals surface area contributed by atoms with Gasteiger partial charge in [0.15, 0.2) is 0 Å². The van der Waals surface area contributed by atoms with Crippen LogP contribution in [0.5, 0.6) is 0 Å². The summed E-state index contributed by atoms with van der Waals surface area (Å²) in [5, 5.41) is 18.8. The van der Waals surface area contributed by atoms with E-state index in [4.69, 9.17) is 5.11 Å². The molecule has 1 aliphatic carbocycles. The van der Waals surface area contributed by atoms with Crippen LogP contribution in [-0.4, -0.2) is 33.5 Å². The number of halogens is 1. The number of amides is 1. The maximum Gasteiger partial charge on any atom is 0.409 e. The second kappa shape index (κ2) is 4.94. The Morgan fingerprint density at radius 2 is 2.22 bits per heavy atom. The molecule has 5 heteroatoms. The van der Waals surface area contributed by atoms with E-state index >= 15 is 0 Å². The molecule has 18 heavy (non-hydrogen) atoms. The van der Waals surface area contributed by atoms with E-state index in [1.54, 1.807) is 25.1 Å². The SMILES string of the molecule is CCC(O)N(C(=O)O)[C@H]1C[C@H]1c1ccccc1F. The first-order chi connectivity index (χ1) is 8.56. The Kier molecular flexibility index (Phi) is 3.52. The van der Waals surface area contributed by atoms with Crippen molar-refractivity contribution in [2.75, 3.05) is 0 Å². The molecule has 1 unspecified atom stereocenters. The Morgan fingerprint density at radius 1 is 1.56 bits per heavy atom. The highest BCUT2D eigenvalue weighted by Crippen LogP contribution is 2.46. The number of rotatable bonds is 4. The van der Waals surface area contributed by atoms with Gasteiger partial charge in [0, 0.05) is 12.0 Å². The zero-order valence-electron chi connectivity index (χ0n) is 10.1. The molecule has 0 bridgehead atoms. The highest BCUT2D eigenvalue weighted by molar-refractivity contribution is 5.66. The van der Waals surface area contributed by atoms with E-state index in [-0.39, 0.29) is 17.8 Å². The molecular weight excluding hydrogens is 237 g/mol. The maximum atomic E-state index is 13.6. The van der Waals surface area contributed by atoms with E-state index in [9.17, 15) is 14.3 Å². The van der Waals surface area contributed by atoms with Crippen LogP contribution >= 0.6 is 0 Å². The lowest BCUT2D eigenvalue weighted by molar-refractivity contribution is 0.00420. The standard InChI is InChI=1S/C13H16FNO3/c1-2-12(16)15(13(17)18)11-7-9(11)8-5-3-4-6-10(8)14/h3-6,9,11-12,16H,2,7H2,1H3,(H,17,18)/t9-,11-,12?/m0/s1. The first kappa shape index (κ1) is 12.8. The van der Waals surface area contributed by atoms with E-state index in [0.717, 1.165) is 4.90 Å². The van der Waals surface area contributed by atoms with Gasteiger partial charge in [-0.3, -0.25) is 4.90 Å². The van der Waals surface area contributed by atoms with Crippen molar-refractivity contribution >= 4 is 6.09 Å². The van der Waals surface area contributed by atoms with Gasteiger partial charge in [-0.05, 0) is 24.5 Å². The van der Waals surface area contributed by atoms with Crippen LogP contribution in [0.2, 0.25) is 0 Å². The van der Waals surface area contributed by atoms with Crippen LogP contribution in [0.3, 0.4) is 0 Å². The summed E-state index contributed by atoms with van der Waals surface area (Å²) in [5.74, 6) is -0.468. The third kappa shape index (κ3) is 2.31. The zero-order valence-corrected chi connectivity index (χ0v) is 10.1. The second-order valence-corrected chi connectivity index (χ2v) is 4.51. The molecule has 0 aliphatic heterocycles. The van der Waals surface area contributed by atoms with Gasteiger partial charge in [0.25, 0.3) is 0 Å². The van der Waals surface area contributed by atoms with Crippen LogP contribution in [0.15, 0.2) is 24.3 Å². The molecule has 1 saturated carbocycles. The number of aliphatic hydroxyl groups is 1. The number of carbonyl (C=O) groups is 1. The van der Waals surface area contributed by atoms with E-state index < -0.39 is 12.3 Å². The van der Waals surface area contributed by atoms with Crippen LogP contribution in [0, 0.1) is 5.82 Å². The molecule has 0 radical (unpaired) electrons. The highest BCUT2D eigenvalue weighted by Gasteiger charge is 2.47. The average Bonchev–Trinajstić information content (AvgIpc) is 3.09. The predicted molar refractivity (Wildman–Crippen MR) is 63.7 cm³/mol. The van der Waals surface area contributed by atoms with E-state index in [0.29, 0.717) is 18.4 Å². The number of nitrogens with zero attached hydrogens (tertiary/aromatic N) is 1. The van der Waals surface area contributed by atoms with Gasteiger partial charge in [-0.25, -0.2) is 9.18 Å². The van der Waals surface area contributed by atoms with Gasteiger partial charge < -0.3 is 10.2 Å². The summed E-state index contributed by atoms with van der Waals surface area (Å²) in [4.78, 5) is 12.1. The summed E-state index contributed by atoms with van der Waals surface area (Å²) in [6.45, 7) is 1.71. The lowest BCUT2D eigenvalue weighted by Crippen LogP contribution is -2.41. The molecule has 0 spiro atoms. The summed E-state index contributed by atoms with van der Waals surface area (Å²) in [6, 6.07) is 6.04. The van der Waals surface area contributed by atoms with Crippen LogP contribution in [0.4, 0.5) is 9.18 Å². The fourth-order valence-corrected chi connectivity index (χ4v) is 2.29. The summed E-state index contributed by atoms with van der Waals surface area (Å²) in [5.41, 5.74) is 0.525. The summed E-state index contributed by atoms with van der Waals surface area (Å²) >= 11 is 0. The Labute approximate surface area is 105 Å².